The smallest absolute Gasteiger partial charge is 0.266 e. The highest BCUT2D eigenvalue weighted by Crippen LogP contribution is 2.42. The van der Waals surface area contributed by atoms with E-state index in [1.54, 1.807) is 49.4 Å². The van der Waals surface area contributed by atoms with Gasteiger partial charge in [-0.25, -0.2) is 4.90 Å². The van der Waals surface area contributed by atoms with E-state index in [-0.39, 0.29) is 22.3 Å². The molecule has 194 valence electrons. The highest BCUT2D eigenvalue weighted by atomic mass is 35.5. The number of imide groups is 2. The van der Waals surface area contributed by atoms with Crippen LogP contribution in [0.5, 0.6) is 0 Å². The van der Waals surface area contributed by atoms with Gasteiger partial charge in [0, 0.05) is 43.1 Å². The van der Waals surface area contributed by atoms with Gasteiger partial charge in [0.1, 0.15) is 0 Å². The Bertz CT molecular complexity index is 1720. The molecule has 4 aromatic carbocycles. The molecule has 0 spiro atoms. The summed E-state index contributed by atoms with van der Waals surface area (Å²) in [5.74, 6) is -2.01. The fourth-order valence-electron chi connectivity index (χ4n) is 5.75. The number of nitrogens with zero attached hydrogens (tertiary/aromatic N) is 2. The maximum absolute atomic E-state index is 13.8. The summed E-state index contributed by atoms with van der Waals surface area (Å²) < 4.78 is 0. The fourth-order valence-corrected chi connectivity index (χ4v) is 6.32. The Hall–Kier alpha value is -4.00. The first-order chi connectivity index (χ1) is 18.6. The van der Waals surface area contributed by atoms with Gasteiger partial charge in [-0.15, -0.1) is 0 Å². The second kappa shape index (κ2) is 9.04. The molecule has 0 N–H and O–H groups in total. The van der Waals surface area contributed by atoms with Crippen LogP contribution in [0.25, 0.3) is 10.8 Å². The van der Waals surface area contributed by atoms with E-state index in [0.717, 1.165) is 16.0 Å². The van der Waals surface area contributed by atoms with Crippen molar-refractivity contribution in [3.8, 4) is 0 Å². The van der Waals surface area contributed by atoms with Crippen molar-refractivity contribution in [2.75, 3.05) is 4.90 Å². The van der Waals surface area contributed by atoms with Crippen molar-refractivity contribution in [2.24, 2.45) is 0 Å². The first-order valence-corrected chi connectivity index (χ1v) is 13.3. The quantitative estimate of drug-likeness (QED) is 0.249. The molecule has 2 heterocycles. The molecule has 2 aliphatic heterocycles. The average molecular weight is 557 g/mol. The number of aryl methyl sites for hydroxylation is 2. The van der Waals surface area contributed by atoms with Gasteiger partial charge in [-0.3, -0.25) is 24.1 Å². The van der Waals surface area contributed by atoms with Crippen LogP contribution in [0.2, 0.25) is 10.0 Å². The van der Waals surface area contributed by atoms with Crippen molar-refractivity contribution < 1.29 is 19.2 Å². The number of carbonyl (C=O) groups is 4. The van der Waals surface area contributed by atoms with Crippen LogP contribution in [-0.4, -0.2) is 28.5 Å². The zero-order valence-corrected chi connectivity index (χ0v) is 22.9. The molecule has 1 atom stereocenters. The van der Waals surface area contributed by atoms with Crippen LogP contribution in [0.3, 0.4) is 0 Å². The van der Waals surface area contributed by atoms with E-state index in [4.69, 9.17) is 23.2 Å². The summed E-state index contributed by atoms with van der Waals surface area (Å²) >= 11 is 12.4. The van der Waals surface area contributed by atoms with Crippen LogP contribution in [0.1, 0.15) is 78.0 Å². The molecule has 8 heteroatoms. The molecule has 0 radical (unpaired) electrons. The van der Waals surface area contributed by atoms with Crippen molar-refractivity contribution in [2.45, 2.75) is 33.2 Å². The Labute approximate surface area is 234 Å². The second-order valence-electron chi connectivity index (χ2n) is 9.78. The van der Waals surface area contributed by atoms with E-state index in [1.807, 2.05) is 32.0 Å². The standard InChI is InChI=1S/C31H22Cl2N2O4/c1-4-17-7-5-6-15(2)27(17)35-30(38)22-12-10-20-25-21(11-13-23(26(22)25)31(35)39)29(37)34(28(20)36)16(3)19-9-8-18(32)14-24(19)33/h5-14,16H,4H2,1-3H3. The number of hydrogen-bond acceptors (Lipinski definition) is 4. The summed E-state index contributed by atoms with van der Waals surface area (Å²) in [6.07, 6.45) is 0.642. The highest BCUT2D eigenvalue weighted by molar-refractivity contribution is 6.39. The van der Waals surface area contributed by atoms with Crippen molar-refractivity contribution in [1.29, 1.82) is 0 Å². The Morgan fingerprint density at radius 1 is 0.744 bits per heavy atom. The molecular weight excluding hydrogens is 535 g/mol. The van der Waals surface area contributed by atoms with Crippen LogP contribution in [-0.2, 0) is 6.42 Å². The van der Waals surface area contributed by atoms with E-state index in [9.17, 15) is 19.2 Å². The predicted molar refractivity (Wildman–Crippen MR) is 151 cm³/mol. The molecule has 4 aromatic rings. The van der Waals surface area contributed by atoms with Crippen molar-refractivity contribution in [3.05, 3.63) is 110 Å². The number of hydrogen-bond donors (Lipinski definition) is 0. The van der Waals surface area contributed by atoms with Crippen LogP contribution >= 0.6 is 23.2 Å². The molecule has 0 bridgehead atoms. The molecule has 6 rings (SSSR count). The lowest BCUT2D eigenvalue weighted by Crippen LogP contribution is -2.44. The minimum Gasteiger partial charge on any atom is -0.269 e. The van der Waals surface area contributed by atoms with Crippen LogP contribution in [0.15, 0.2) is 60.7 Å². The lowest BCUT2D eigenvalue weighted by Gasteiger charge is -2.35. The molecule has 4 amide bonds. The van der Waals surface area contributed by atoms with Crippen molar-refractivity contribution >= 4 is 63.3 Å². The predicted octanol–water partition coefficient (Wildman–Crippen LogP) is 7.18. The molecule has 2 aliphatic rings. The van der Waals surface area contributed by atoms with Gasteiger partial charge in [0.2, 0.25) is 0 Å². The number of benzene rings is 4. The fraction of sp³-hybridized carbons (Fsp3) is 0.161. The topological polar surface area (TPSA) is 74.8 Å². The summed E-state index contributed by atoms with van der Waals surface area (Å²) in [6.45, 7) is 5.56. The Kier molecular flexibility index (Phi) is 5.86. The zero-order valence-electron chi connectivity index (χ0n) is 21.3. The van der Waals surface area contributed by atoms with E-state index in [0.29, 0.717) is 38.5 Å². The Morgan fingerprint density at radius 3 is 1.79 bits per heavy atom. The molecule has 1 unspecified atom stereocenters. The SMILES string of the molecule is CCc1cccc(C)c1N1C(=O)c2ccc3c4c(ccc(c24)C1=O)C(=O)N(C(C)c1ccc(Cl)cc1Cl)C3=O. The van der Waals surface area contributed by atoms with E-state index in [1.165, 1.54) is 4.90 Å². The van der Waals surface area contributed by atoms with Gasteiger partial charge >= 0.3 is 0 Å². The van der Waals surface area contributed by atoms with Crippen molar-refractivity contribution in [1.82, 2.24) is 4.90 Å². The third kappa shape index (κ3) is 3.55. The molecule has 0 fully saturated rings. The van der Waals surface area contributed by atoms with Gasteiger partial charge in [-0.2, -0.15) is 0 Å². The van der Waals surface area contributed by atoms with Gasteiger partial charge < -0.3 is 0 Å². The maximum Gasteiger partial charge on any atom is 0.266 e. The van der Waals surface area contributed by atoms with Crippen LogP contribution in [0, 0.1) is 6.92 Å². The lowest BCUT2D eigenvalue weighted by atomic mass is 9.85. The molecule has 0 saturated carbocycles. The van der Waals surface area contributed by atoms with E-state index >= 15 is 0 Å². The maximum atomic E-state index is 13.8. The zero-order chi connectivity index (χ0) is 27.7. The number of rotatable bonds is 4. The highest BCUT2D eigenvalue weighted by Gasteiger charge is 2.42. The summed E-state index contributed by atoms with van der Waals surface area (Å²) in [4.78, 5) is 57.6. The number of para-hydroxylation sites is 1. The number of halogens is 2. The van der Waals surface area contributed by atoms with Gasteiger partial charge in [0.25, 0.3) is 23.6 Å². The monoisotopic (exact) mass is 556 g/mol. The van der Waals surface area contributed by atoms with Gasteiger partial charge in [0.05, 0.1) is 11.7 Å². The van der Waals surface area contributed by atoms with Gasteiger partial charge in [0.15, 0.2) is 0 Å². The van der Waals surface area contributed by atoms with E-state index in [2.05, 4.69) is 0 Å². The third-order valence-corrected chi connectivity index (χ3v) is 8.21. The van der Waals surface area contributed by atoms with Crippen LogP contribution < -0.4 is 4.90 Å². The minimum absolute atomic E-state index is 0.251. The molecule has 0 aromatic heterocycles. The molecule has 0 aliphatic carbocycles. The first-order valence-electron chi connectivity index (χ1n) is 12.6. The molecule has 39 heavy (non-hydrogen) atoms. The number of anilines is 1. The summed E-state index contributed by atoms with van der Waals surface area (Å²) in [5.41, 5.74) is 3.88. The second-order valence-corrected chi connectivity index (χ2v) is 10.6. The first kappa shape index (κ1) is 25.3. The van der Waals surface area contributed by atoms with Crippen molar-refractivity contribution in [3.63, 3.8) is 0 Å². The summed E-state index contributed by atoms with van der Waals surface area (Å²) in [5, 5.41) is 1.44. The minimum atomic E-state index is -0.683. The summed E-state index contributed by atoms with van der Waals surface area (Å²) in [6, 6.07) is 16.2. The summed E-state index contributed by atoms with van der Waals surface area (Å²) in [7, 11) is 0. The van der Waals surface area contributed by atoms with Gasteiger partial charge in [-0.05, 0) is 73.4 Å². The largest absolute Gasteiger partial charge is 0.269 e. The normalized spacial score (nSPS) is 15.4. The van der Waals surface area contributed by atoms with Crippen LogP contribution in [0.4, 0.5) is 5.69 Å². The number of amides is 4. The Morgan fingerprint density at radius 2 is 1.28 bits per heavy atom. The molecule has 6 nitrogen and oxygen atoms in total. The molecular formula is C31H22Cl2N2O4. The third-order valence-electron chi connectivity index (χ3n) is 7.65. The Balaban J connectivity index is 1.52. The lowest BCUT2D eigenvalue weighted by molar-refractivity contribution is 0.0548. The average Bonchev–Trinajstić information content (AvgIpc) is 2.91. The van der Waals surface area contributed by atoms with Gasteiger partial charge in [-0.1, -0.05) is 54.4 Å². The van der Waals surface area contributed by atoms with E-state index < -0.39 is 29.7 Å². The molecule has 0 saturated heterocycles. The number of carbonyl (C=O) groups excluding carboxylic acids is 4.